The summed E-state index contributed by atoms with van der Waals surface area (Å²) in [5, 5.41) is 29.0. The van der Waals surface area contributed by atoms with Crippen LogP contribution in [0.1, 0.15) is 122 Å². The van der Waals surface area contributed by atoms with E-state index in [-0.39, 0.29) is 88.5 Å². The maximum Gasteiger partial charge on any atom is 0.407 e. The summed E-state index contributed by atoms with van der Waals surface area (Å²) in [6, 6.07) is 21.1. The van der Waals surface area contributed by atoms with Gasteiger partial charge in [-0.2, -0.15) is 0 Å². The molecule has 0 saturated carbocycles. The number of aliphatic hydroxyl groups is 1. The molecular formula is C78H97FN8O20. The van der Waals surface area contributed by atoms with Gasteiger partial charge in [0.1, 0.15) is 50.4 Å². The van der Waals surface area contributed by atoms with Crippen LogP contribution >= 0.6 is 0 Å². The molecule has 4 heterocycles. The Morgan fingerprint density at radius 3 is 1.92 bits per heavy atom. The van der Waals surface area contributed by atoms with E-state index >= 15 is 4.39 Å². The predicted octanol–water partition coefficient (Wildman–Crippen LogP) is 6.98. The molecule has 576 valence electrons. The number of unbranched alkanes of at least 4 members (excludes halogenated alkanes) is 1. The van der Waals surface area contributed by atoms with E-state index in [4.69, 9.17) is 57.1 Å². The van der Waals surface area contributed by atoms with E-state index in [0.29, 0.717) is 155 Å². The van der Waals surface area contributed by atoms with E-state index in [1.807, 2.05) is 48.5 Å². The minimum Gasteiger partial charge on any atom is -0.458 e. The van der Waals surface area contributed by atoms with Crippen LogP contribution in [0, 0.1) is 18.7 Å². The molecule has 2 aromatic heterocycles. The number of carbonyl (C=O) groups excluding carboxylic acids is 7. The maximum atomic E-state index is 15.5. The van der Waals surface area contributed by atoms with E-state index in [2.05, 4.69) is 31.9 Å². The highest BCUT2D eigenvalue weighted by Gasteiger charge is 2.46. The van der Waals surface area contributed by atoms with Crippen LogP contribution in [0.25, 0.3) is 33.4 Å². The van der Waals surface area contributed by atoms with Gasteiger partial charge in [-0.1, -0.05) is 81.4 Å². The third-order valence-electron chi connectivity index (χ3n) is 19.4. The Hall–Kier alpha value is -9.30. The zero-order valence-corrected chi connectivity index (χ0v) is 61.4. The molecule has 0 radical (unpaired) electrons. The van der Waals surface area contributed by atoms with Crippen LogP contribution in [0.3, 0.4) is 0 Å². The van der Waals surface area contributed by atoms with Crippen LogP contribution in [0.2, 0.25) is 0 Å². The van der Waals surface area contributed by atoms with Crippen molar-refractivity contribution in [3.05, 3.63) is 151 Å². The van der Waals surface area contributed by atoms with Gasteiger partial charge < -0.3 is 93.7 Å². The molecule has 0 bridgehead atoms. The van der Waals surface area contributed by atoms with Crippen molar-refractivity contribution in [3.8, 4) is 22.5 Å². The molecule has 7 N–H and O–H groups in total. The third-order valence-corrected chi connectivity index (χ3v) is 19.4. The summed E-state index contributed by atoms with van der Waals surface area (Å²) in [5.74, 6) is -4.31. The number of aryl methyl sites for hydroxylation is 1. The minimum atomic E-state index is -2.05. The summed E-state index contributed by atoms with van der Waals surface area (Å²) in [6.45, 7) is 13.7. The van der Waals surface area contributed by atoms with Crippen molar-refractivity contribution in [3.63, 3.8) is 0 Å². The monoisotopic (exact) mass is 1480 g/mol. The van der Waals surface area contributed by atoms with E-state index in [1.165, 1.54) is 17.6 Å². The summed E-state index contributed by atoms with van der Waals surface area (Å²) in [4.78, 5) is 114. The standard InChI is InChI=1S/C78H97FN8O20/c1-7-78(96)60-40-65-70-57(42-87(65)74(92)59(60)45-105-75(78)93)68-62(24-23-52-48(4)61(79)41-64(83-70)67(52)68)84-76(94)106-43-50-19-21-51(22-20-50)82-71(89)49(5)81-73(91)69(47(2)3)86-72(90)63(85-77(95)107-44-58-55-16-10-8-14-53(55)54-15-9-11-17-56(54)58)18-12-13-25-80-66(88)46-104-39-38-103-37-36-102-35-34-101-33-32-100-31-30-99-29-28-98-27-26-97-6/h8-11,14-17,19-22,40-41,47,49,58,62-63,69,96H,7,12-13,18,23-39,42-46H2,1-6H3,(H,80,88)(H,81,91)(H,82,89)(H,84,94)(H,85,95)(H,86,90)/t49-,62-,63-,69-,78-/m0/s1. The second kappa shape index (κ2) is 39.0. The molecule has 4 aromatic carbocycles. The number of halogens is 1. The normalized spacial score (nSPS) is 16.1. The smallest absolute Gasteiger partial charge is 0.407 e. The molecule has 4 aliphatic rings. The Morgan fingerprint density at radius 1 is 0.701 bits per heavy atom. The minimum absolute atomic E-state index is 0.0118. The molecule has 6 amide bonds. The van der Waals surface area contributed by atoms with Crippen molar-refractivity contribution in [2.24, 2.45) is 5.92 Å². The SMILES string of the molecule is CC[C@@]1(O)C(=O)OCc2c1cc1n(c2=O)Cc2c-1nc1cc(F)c(C)c3c1c2[C@@H](NC(=O)OCc1ccc(NC(=O)[C@H](C)NC(=O)[C@@H](NC(=O)[C@H](CCCCNC(=O)COCCOCCOCCOCCOCCOCCOCCOC)NC(=O)OCC2c4ccccc4-c4ccccc42)C(C)C)cc1)CC3. The number of methoxy groups -OCH3 is 1. The fourth-order valence-corrected chi connectivity index (χ4v) is 13.6. The number of cyclic esters (lactones) is 1. The van der Waals surface area contributed by atoms with Gasteiger partial charge >= 0.3 is 18.2 Å². The quantitative estimate of drug-likeness (QED) is 0.0115. The number of carbonyl (C=O) groups is 7. The summed E-state index contributed by atoms with van der Waals surface area (Å²) in [7, 11) is 1.62. The van der Waals surface area contributed by atoms with Gasteiger partial charge in [-0.15, -0.1) is 0 Å². The van der Waals surface area contributed by atoms with Crippen molar-refractivity contribution in [2.75, 3.05) is 125 Å². The molecule has 5 atom stereocenters. The van der Waals surface area contributed by atoms with Crippen molar-refractivity contribution in [2.45, 2.75) is 129 Å². The second-order valence-corrected chi connectivity index (χ2v) is 26.9. The first kappa shape index (κ1) is 80.2. The van der Waals surface area contributed by atoms with Gasteiger partial charge in [-0.05, 0) is 121 Å². The number of anilines is 1. The molecule has 10 rings (SSSR count). The molecule has 0 saturated heterocycles. The highest BCUT2D eigenvalue weighted by Crippen LogP contribution is 2.47. The molecule has 107 heavy (non-hydrogen) atoms. The van der Waals surface area contributed by atoms with Gasteiger partial charge in [-0.25, -0.2) is 23.8 Å². The number of hydrogen-bond acceptors (Lipinski definition) is 21. The van der Waals surface area contributed by atoms with Crippen molar-refractivity contribution in [1.29, 1.82) is 0 Å². The molecule has 0 unspecified atom stereocenters. The largest absolute Gasteiger partial charge is 0.458 e. The lowest BCUT2D eigenvalue weighted by atomic mass is 9.81. The maximum absolute atomic E-state index is 15.5. The zero-order chi connectivity index (χ0) is 76.0. The van der Waals surface area contributed by atoms with Gasteiger partial charge in [-0.3, -0.25) is 24.0 Å². The number of ether oxygens (including phenoxy) is 11. The lowest BCUT2D eigenvalue weighted by molar-refractivity contribution is -0.172. The number of rotatable bonds is 42. The van der Waals surface area contributed by atoms with Gasteiger partial charge in [0.05, 0.1) is 128 Å². The molecule has 2 aliphatic heterocycles. The average Bonchev–Trinajstić information content (AvgIpc) is 1.62. The number of aromatic nitrogens is 2. The second-order valence-electron chi connectivity index (χ2n) is 26.9. The zero-order valence-electron chi connectivity index (χ0n) is 61.4. The Morgan fingerprint density at radius 2 is 1.31 bits per heavy atom. The lowest BCUT2D eigenvalue weighted by Crippen LogP contribution is -2.57. The summed E-state index contributed by atoms with van der Waals surface area (Å²) < 4.78 is 77.1. The van der Waals surface area contributed by atoms with Crippen LogP contribution in [-0.2, 0) is 108 Å². The van der Waals surface area contributed by atoms with Crippen molar-refractivity contribution >= 4 is 58.4 Å². The Kier molecular flexibility index (Phi) is 29.2. The molecule has 0 spiro atoms. The van der Waals surface area contributed by atoms with Crippen LogP contribution in [0.5, 0.6) is 0 Å². The number of pyridine rings is 2. The Bertz CT molecular complexity index is 4130. The molecular weight excluding hydrogens is 1390 g/mol. The number of esters is 1. The highest BCUT2D eigenvalue weighted by atomic mass is 19.1. The van der Waals surface area contributed by atoms with Crippen LogP contribution in [0.4, 0.5) is 19.7 Å². The van der Waals surface area contributed by atoms with E-state index in [9.17, 15) is 43.5 Å². The number of benzene rings is 4. The molecule has 2 aliphatic carbocycles. The molecule has 6 aromatic rings. The first-order valence-corrected chi connectivity index (χ1v) is 36.5. The fourth-order valence-electron chi connectivity index (χ4n) is 13.6. The predicted molar refractivity (Wildman–Crippen MR) is 390 cm³/mol. The first-order valence-electron chi connectivity index (χ1n) is 36.5. The topological polar surface area (TPSA) is 348 Å². The average molecular weight is 1490 g/mol. The Balaban J connectivity index is 0.663. The molecule has 29 heteroatoms. The van der Waals surface area contributed by atoms with E-state index in [1.54, 1.807) is 65.1 Å². The van der Waals surface area contributed by atoms with Crippen LogP contribution in [0.15, 0.2) is 89.7 Å². The number of nitrogens with zero attached hydrogens (tertiary/aromatic N) is 2. The number of nitrogens with one attached hydrogen (secondary N) is 6. The summed E-state index contributed by atoms with van der Waals surface area (Å²) >= 11 is 0. The Labute approximate surface area is 620 Å². The fraction of sp³-hybridized carbons (Fsp3) is 0.500. The highest BCUT2D eigenvalue weighted by molar-refractivity contribution is 5.99. The lowest BCUT2D eigenvalue weighted by Gasteiger charge is -2.31. The first-order chi connectivity index (χ1) is 51.8. The van der Waals surface area contributed by atoms with Gasteiger partial charge in [0.25, 0.3) is 5.56 Å². The van der Waals surface area contributed by atoms with Crippen molar-refractivity contribution < 1.29 is 95.2 Å². The van der Waals surface area contributed by atoms with Crippen LogP contribution in [-0.4, -0.2) is 194 Å². The van der Waals surface area contributed by atoms with Gasteiger partial charge in [0, 0.05) is 47.8 Å². The number of fused-ring (bicyclic) bond motifs is 8. The van der Waals surface area contributed by atoms with Gasteiger partial charge in [0.15, 0.2) is 5.60 Å². The number of amides is 6. The van der Waals surface area contributed by atoms with Crippen LogP contribution < -0.4 is 37.5 Å². The molecule has 0 fully saturated rings. The van der Waals surface area contributed by atoms with Crippen molar-refractivity contribution in [1.82, 2.24) is 36.1 Å². The van der Waals surface area contributed by atoms with E-state index < -0.39 is 82.9 Å². The summed E-state index contributed by atoms with van der Waals surface area (Å²) in [6.07, 6.45) is 0.0190. The summed E-state index contributed by atoms with van der Waals surface area (Å²) in [5.41, 5.74) is 6.29. The third kappa shape index (κ3) is 20.5. The number of alkyl carbamates (subject to hydrolysis) is 2. The molecule has 28 nitrogen and oxygen atoms in total. The van der Waals surface area contributed by atoms with Gasteiger partial charge in [0.2, 0.25) is 23.6 Å². The number of hydrogen-bond donors (Lipinski definition) is 7. The van der Waals surface area contributed by atoms with E-state index in [0.717, 1.165) is 27.8 Å².